The van der Waals surface area contributed by atoms with E-state index in [2.05, 4.69) is 16.0 Å². The van der Waals surface area contributed by atoms with Crippen molar-refractivity contribution >= 4 is 17.5 Å². The Hall–Kier alpha value is -2.04. The highest BCUT2D eigenvalue weighted by Gasteiger charge is 2.15. The molecule has 1 atom stereocenters. The van der Waals surface area contributed by atoms with Gasteiger partial charge in [0.2, 0.25) is 5.91 Å². The first-order chi connectivity index (χ1) is 9.58. The van der Waals surface area contributed by atoms with Crippen LogP contribution in [0.25, 0.3) is 0 Å². The van der Waals surface area contributed by atoms with Crippen LogP contribution < -0.4 is 16.0 Å². The van der Waals surface area contributed by atoms with Gasteiger partial charge in [0.1, 0.15) is 6.04 Å². The molecule has 2 amide bonds. The normalized spacial score (nSPS) is 11.6. The Kier molecular flexibility index (Phi) is 6.56. The summed E-state index contributed by atoms with van der Waals surface area (Å²) in [6.07, 6.45) is 0.873. The third kappa shape index (κ3) is 4.91. The third-order valence-electron chi connectivity index (χ3n) is 2.82. The van der Waals surface area contributed by atoms with Gasteiger partial charge in [-0.25, -0.2) is 0 Å². The second-order valence-electron chi connectivity index (χ2n) is 4.59. The third-order valence-corrected chi connectivity index (χ3v) is 2.82. The molecule has 0 aliphatic carbocycles. The van der Waals surface area contributed by atoms with Crippen LogP contribution in [0.4, 0.5) is 5.69 Å². The van der Waals surface area contributed by atoms with Crippen LogP contribution in [0.15, 0.2) is 24.3 Å². The van der Waals surface area contributed by atoms with Gasteiger partial charge in [0.25, 0.3) is 5.91 Å². The fraction of sp³-hybridized carbons (Fsp3) is 0.467. The van der Waals surface area contributed by atoms with E-state index >= 15 is 0 Å². The van der Waals surface area contributed by atoms with Gasteiger partial charge in [0.15, 0.2) is 0 Å². The van der Waals surface area contributed by atoms with Crippen LogP contribution in [0, 0.1) is 0 Å². The van der Waals surface area contributed by atoms with Crippen LogP contribution in [-0.4, -0.2) is 30.9 Å². The van der Waals surface area contributed by atoms with Crippen molar-refractivity contribution in [3.63, 3.8) is 0 Å². The minimum absolute atomic E-state index is 0.163. The quantitative estimate of drug-likeness (QED) is 0.711. The largest absolute Gasteiger partial charge is 0.385 e. The Morgan fingerprint density at radius 2 is 1.80 bits per heavy atom. The van der Waals surface area contributed by atoms with Gasteiger partial charge in [0, 0.05) is 24.3 Å². The highest BCUT2D eigenvalue weighted by Crippen LogP contribution is 2.09. The summed E-state index contributed by atoms with van der Waals surface area (Å²) in [6.45, 7) is 7.12. The number of carbonyl (C=O) groups is 2. The first kappa shape index (κ1) is 16.0. The van der Waals surface area contributed by atoms with Crippen molar-refractivity contribution in [1.29, 1.82) is 0 Å². The second-order valence-corrected chi connectivity index (χ2v) is 4.59. The molecule has 0 aromatic heterocycles. The lowest BCUT2D eigenvalue weighted by atomic mass is 10.1. The van der Waals surface area contributed by atoms with Crippen LogP contribution in [0.2, 0.25) is 0 Å². The van der Waals surface area contributed by atoms with E-state index in [1.165, 1.54) is 0 Å². The molecule has 0 saturated carbocycles. The number of nitrogens with one attached hydrogen (secondary N) is 3. The molecule has 1 aromatic rings. The number of benzene rings is 1. The molecular weight excluding hydrogens is 254 g/mol. The molecule has 5 nitrogen and oxygen atoms in total. The second kappa shape index (κ2) is 8.19. The summed E-state index contributed by atoms with van der Waals surface area (Å²) < 4.78 is 0. The van der Waals surface area contributed by atoms with Crippen molar-refractivity contribution in [2.75, 3.05) is 18.4 Å². The zero-order chi connectivity index (χ0) is 15.0. The number of amides is 2. The minimum atomic E-state index is -0.539. The maximum absolute atomic E-state index is 12.0. The maximum Gasteiger partial charge on any atom is 0.251 e. The van der Waals surface area contributed by atoms with Gasteiger partial charge in [-0.2, -0.15) is 0 Å². The monoisotopic (exact) mass is 277 g/mol. The number of rotatable bonds is 7. The Morgan fingerprint density at radius 3 is 2.35 bits per heavy atom. The van der Waals surface area contributed by atoms with Crippen molar-refractivity contribution < 1.29 is 9.59 Å². The Labute approximate surface area is 120 Å². The SMILES string of the molecule is CCCNC(=O)C(C)NC(=O)c1ccc(NCC)cc1. The molecular formula is C15H23N3O2. The molecule has 1 rings (SSSR count). The van der Waals surface area contributed by atoms with Gasteiger partial charge >= 0.3 is 0 Å². The molecule has 3 N–H and O–H groups in total. The summed E-state index contributed by atoms with van der Waals surface area (Å²) in [5.74, 6) is -0.406. The van der Waals surface area contributed by atoms with Crippen molar-refractivity contribution in [2.24, 2.45) is 0 Å². The van der Waals surface area contributed by atoms with E-state index in [9.17, 15) is 9.59 Å². The number of anilines is 1. The standard InChI is InChI=1S/C15H23N3O2/c1-4-10-17-14(19)11(3)18-15(20)12-6-8-13(9-7-12)16-5-2/h6-9,11,16H,4-5,10H2,1-3H3,(H,17,19)(H,18,20). The number of hydrogen-bond donors (Lipinski definition) is 3. The van der Waals surface area contributed by atoms with Crippen LogP contribution >= 0.6 is 0 Å². The molecule has 0 bridgehead atoms. The zero-order valence-electron chi connectivity index (χ0n) is 12.3. The van der Waals surface area contributed by atoms with Crippen molar-refractivity contribution in [3.05, 3.63) is 29.8 Å². The van der Waals surface area contributed by atoms with Crippen molar-refractivity contribution in [2.45, 2.75) is 33.2 Å². The van der Waals surface area contributed by atoms with E-state index in [0.717, 1.165) is 18.7 Å². The molecule has 0 spiro atoms. The van der Waals surface area contributed by atoms with Gasteiger partial charge in [-0.3, -0.25) is 9.59 Å². The van der Waals surface area contributed by atoms with E-state index in [4.69, 9.17) is 0 Å². The highest BCUT2D eigenvalue weighted by molar-refractivity contribution is 5.97. The zero-order valence-corrected chi connectivity index (χ0v) is 12.3. The molecule has 1 aromatic carbocycles. The smallest absolute Gasteiger partial charge is 0.251 e. The maximum atomic E-state index is 12.0. The summed E-state index contributed by atoms with van der Waals surface area (Å²) >= 11 is 0. The molecule has 5 heteroatoms. The van der Waals surface area contributed by atoms with Gasteiger partial charge in [-0.1, -0.05) is 6.92 Å². The molecule has 20 heavy (non-hydrogen) atoms. The van der Waals surface area contributed by atoms with Gasteiger partial charge in [-0.15, -0.1) is 0 Å². The molecule has 0 aliphatic rings. The molecule has 110 valence electrons. The van der Waals surface area contributed by atoms with Crippen LogP contribution in [-0.2, 0) is 4.79 Å². The number of hydrogen-bond acceptors (Lipinski definition) is 3. The lowest BCUT2D eigenvalue weighted by Gasteiger charge is -2.14. The topological polar surface area (TPSA) is 70.2 Å². The van der Waals surface area contributed by atoms with Crippen LogP contribution in [0.3, 0.4) is 0 Å². The van der Waals surface area contributed by atoms with E-state index in [1.54, 1.807) is 19.1 Å². The summed E-state index contributed by atoms with van der Waals surface area (Å²) in [5.41, 5.74) is 1.51. The predicted octanol–water partition coefficient (Wildman–Crippen LogP) is 1.76. The van der Waals surface area contributed by atoms with Gasteiger partial charge in [-0.05, 0) is 44.5 Å². The van der Waals surface area contributed by atoms with Gasteiger partial charge < -0.3 is 16.0 Å². The molecule has 0 aliphatic heterocycles. The fourth-order valence-corrected chi connectivity index (χ4v) is 1.69. The van der Waals surface area contributed by atoms with E-state index < -0.39 is 6.04 Å². The summed E-state index contributed by atoms with van der Waals surface area (Å²) in [7, 11) is 0. The number of carbonyl (C=O) groups excluding carboxylic acids is 2. The lowest BCUT2D eigenvalue weighted by molar-refractivity contribution is -0.122. The molecule has 0 fully saturated rings. The fourth-order valence-electron chi connectivity index (χ4n) is 1.69. The summed E-state index contributed by atoms with van der Waals surface area (Å²) in [6, 6.07) is 6.64. The van der Waals surface area contributed by atoms with Crippen LogP contribution in [0.1, 0.15) is 37.6 Å². The highest BCUT2D eigenvalue weighted by atomic mass is 16.2. The van der Waals surface area contributed by atoms with E-state index in [-0.39, 0.29) is 11.8 Å². The molecule has 0 heterocycles. The first-order valence-electron chi connectivity index (χ1n) is 7.01. The predicted molar refractivity (Wildman–Crippen MR) is 80.8 cm³/mol. The van der Waals surface area contributed by atoms with Crippen molar-refractivity contribution in [3.8, 4) is 0 Å². The average molecular weight is 277 g/mol. The van der Waals surface area contributed by atoms with Crippen LogP contribution in [0.5, 0.6) is 0 Å². The lowest BCUT2D eigenvalue weighted by Crippen LogP contribution is -2.44. The molecule has 0 radical (unpaired) electrons. The first-order valence-corrected chi connectivity index (χ1v) is 7.01. The molecule has 0 saturated heterocycles. The van der Waals surface area contributed by atoms with Gasteiger partial charge in [0.05, 0.1) is 0 Å². The summed E-state index contributed by atoms with van der Waals surface area (Å²) in [4.78, 5) is 23.7. The summed E-state index contributed by atoms with van der Waals surface area (Å²) in [5, 5.41) is 8.60. The Balaban J connectivity index is 2.55. The van der Waals surface area contributed by atoms with Crippen molar-refractivity contribution in [1.82, 2.24) is 10.6 Å². The van der Waals surface area contributed by atoms with E-state index in [1.807, 2.05) is 26.0 Å². The molecule has 1 unspecified atom stereocenters. The minimum Gasteiger partial charge on any atom is -0.385 e. The average Bonchev–Trinajstić information content (AvgIpc) is 2.45. The van der Waals surface area contributed by atoms with E-state index in [0.29, 0.717) is 12.1 Å². The Morgan fingerprint density at radius 1 is 1.15 bits per heavy atom. The Bertz CT molecular complexity index is 443.